The van der Waals surface area contributed by atoms with Crippen molar-refractivity contribution >= 4 is 38.2 Å². The van der Waals surface area contributed by atoms with Crippen LogP contribution in [-0.2, 0) is 0 Å². The monoisotopic (exact) mass is 300 g/mol. The van der Waals surface area contributed by atoms with E-state index in [1.54, 1.807) is 0 Å². The summed E-state index contributed by atoms with van der Waals surface area (Å²) in [7, 11) is 0. The molecule has 3 rings (SSSR count). The Bertz CT molecular complexity index is 683. The van der Waals surface area contributed by atoms with Crippen LogP contribution in [0.5, 0.6) is 0 Å². The summed E-state index contributed by atoms with van der Waals surface area (Å²) in [4.78, 5) is 3.39. The van der Waals surface area contributed by atoms with E-state index in [9.17, 15) is 0 Å². The molecule has 0 aliphatic heterocycles. The number of anilines is 2. The lowest BCUT2D eigenvalue weighted by molar-refractivity contribution is 1.29. The highest BCUT2D eigenvalue weighted by Crippen LogP contribution is 2.30. The molecule has 0 spiro atoms. The van der Waals surface area contributed by atoms with E-state index in [4.69, 9.17) is 0 Å². The first-order valence-corrected chi connectivity index (χ1v) is 6.63. The zero-order valence-corrected chi connectivity index (χ0v) is 11.6. The van der Waals surface area contributed by atoms with Crippen LogP contribution in [0.3, 0.4) is 0 Å². The predicted molar refractivity (Wildman–Crippen MR) is 80.5 cm³/mol. The number of aromatic nitrogens is 1. The molecule has 0 aliphatic carbocycles. The zero-order chi connectivity index (χ0) is 12.5. The van der Waals surface area contributed by atoms with Gasteiger partial charge in [0.2, 0.25) is 0 Å². The molecule has 3 aromatic rings. The number of benzene rings is 2. The van der Waals surface area contributed by atoms with Crippen LogP contribution in [0.25, 0.3) is 10.9 Å². The standard InChI is InChI=1S/C15H13BrN2/c1-10-15(13-4-2-3-5-14(13)17-10)18-12-8-6-11(16)7-9-12/h2-9,17-18H,1H3. The van der Waals surface area contributed by atoms with Gasteiger partial charge in [0.1, 0.15) is 0 Å². The average Bonchev–Trinajstić information content (AvgIpc) is 2.69. The number of hydrogen-bond acceptors (Lipinski definition) is 1. The summed E-state index contributed by atoms with van der Waals surface area (Å²) < 4.78 is 1.09. The number of para-hydroxylation sites is 1. The minimum Gasteiger partial charge on any atom is -0.357 e. The van der Waals surface area contributed by atoms with E-state index in [-0.39, 0.29) is 0 Å². The van der Waals surface area contributed by atoms with Crippen LogP contribution in [0.4, 0.5) is 11.4 Å². The number of H-pyrrole nitrogens is 1. The van der Waals surface area contributed by atoms with Crippen molar-refractivity contribution in [1.82, 2.24) is 4.98 Å². The van der Waals surface area contributed by atoms with Gasteiger partial charge in [-0.15, -0.1) is 0 Å². The first-order chi connectivity index (χ1) is 8.74. The fourth-order valence-corrected chi connectivity index (χ4v) is 2.38. The Morgan fingerprint density at radius 3 is 2.50 bits per heavy atom. The number of aryl methyl sites for hydroxylation is 1. The number of hydrogen-bond donors (Lipinski definition) is 2. The number of rotatable bonds is 2. The van der Waals surface area contributed by atoms with Crippen molar-refractivity contribution in [2.45, 2.75) is 6.92 Å². The van der Waals surface area contributed by atoms with Crippen LogP contribution < -0.4 is 5.32 Å². The van der Waals surface area contributed by atoms with Gasteiger partial charge < -0.3 is 10.3 Å². The molecule has 0 fully saturated rings. The lowest BCUT2D eigenvalue weighted by Crippen LogP contribution is -1.90. The third-order valence-electron chi connectivity index (χ3n) is 3.01. The maximum Gasteiger partial charge on any atom is 0.0672 e. The molecule has 0 radical (unpaired) electrons. The van der Waals surface area contributed by atoms with Gasteiger partial charge in [-0.1, -0.05) is 34.1 Å². The fourth-order valence-electron chi connectivity index (χ4n) is 2.12. The van der Waals surface area contributed by atoms with E-state index >= 15 is 0 Å². The molecule has 0 amide bonds. The minimum atomic E-state index is 1.09. The minimum absolute atomic E-state index is 1.09. The first-order valence-electron chi connectivity index (χ1n) is 5.84. The van der Waals surface area contributed by atoms with Gasteiger partial charge in [0, 0.05) is 26.8 Å². The molecule has 1 heterocycles. The molecule has 0 saturated heterocycles. The summed E-state index contributed by atoms with van der Waals surface area (Å²) >= 11 is 3.44. The normalized spacial score (nSPS) is 10.8. The van der Waals surface area contributed by atoms with Crippen LogP contribution in [0.2, 0.25) is 0 Å². The summed E-state index contributed by atoms with van der Waals surface area (Å²) in [5.74, 6) is 0. The maximum absolute atomic E-state index is 3.47. The predicted octanol–water partition coefficient (Wildman–Crippen LogP) is 4.98. The van der Waals surface area contributed by atoms with Gasteiger partial charge in [0.15, 0.2) is 0 Å². The van der Waals surface area contributed by atoms with Crippen molar-refractivity contribution < 1.29 is 0 Å². The second kappa shape index (κ2) is 4.50. The highest BCUT2D eigenvalue weighted by molar-refractivity contribution is 9.10. The Morgan fingerprint density at radius 2 is 1.72 bits per heavy atom. The molecule has 0 aliphatic rings. The summed E-state index contributed by atoms with van der Waals surface area (Å²) in [6.45, 7) is 2.08. The summed E-state index contributed by atoms with van der Waals surface area (Å²) in [5.41, 5.74) is 4.55. The highest BCUT2D eigenvalue weighted by atomic mass is 79.9. The van der Waals surface area contributed by atoms with Gasteiger partial charge >= 0.3 is 0 Å². The highest BCUT2D eigenvalue weighted by Gasteiger charge is 2.07. The smallest absolute Gasteiger partial charge is 0.0672 e. The van der Waals surface area contributed by atoms with Crippen LogP contribution in [0.15, 0.2) is 53.0 Å². The third-order valence-corrected chi connectivity index (χ3v) is 3.54. The zero-order valence-electron chi connectivity index (χ0n) is 10.00. The van der Waals surface area contributed by atoms with Crippen molar-refractivity contribution in [3.8, 4) is 0 Å². The van der Waals surface area contributed by atoms with Gasteiger partial charge in [-0.05, 0) is 37.3 Å². The summed E-state index contributed by atoms with van der Waals surface area (Å²) in [6, 6.07) is 16.5. The van der Waals surface area contributed by atoms with Gasteiger partial charge in [0.25, 0.3) is 0 Å². The molecule has 2 aromatic carbocycles. The molecule has 2 N–H and O–H groups in total. The molecule has 90 valence electrons. The number of fused-ring (bicyclic) bond motifs is 1. The van der Waals surface area contributed by atoms with Crippen molar-refractivity contribution in [1.29, 1.82) is 0 Å². The number of aromatic amines is 1. The van der Waals surface area contributed by atoms with E-state index in [2.05, 4.69) is 63.5 Å². The maximum atomic E-state index is 3.47. The fraction of sp³-hybridized carbons (Fsp3) is 0.0667. The molecule has 18 heavy (non-hydrogen) atoms. The Hall–Kier alpha value is -1.74. The molecule has 0 unspecified atom stereocenters. The average molecular weight is 301 g/mol. The number of halogens is 1. The topological polar surface area (TPSA) is 27.8 Å². The molecule has 1 aromatic heterocycles. The van der Waals surface area contributed by atoms with Crippen LogP contribution in [-0.4, -0.2) is 4.98 Å². The number of nitrogens with one attached hydrogen (secondary N) is 2. The molecular weight excluding hydrogens is 288 g/mol. The summed E-state index contributed by atoms with van der Waals surface area (Å²) in [6.07, 6.45) is 0. The van der Waals surface area contributed by atoms with E-state index in [1.807, 2.05) is 18.2 Å². The summed E-state index contributed by atoms with van der Waals surface area (Å²) in [5, 5.41) is 4.69. The Morgan fingerprint density at radius 1 is 1.00 bits per heavy atom. The van der Waals surface area contributed by atoms with Gasteiger partial charge in [0.05, 0.1) is 5.69 Å². The second-order valence-electron chi connectivity index (χ2n) is 4.30. The Labute approximate surface area is 114 Å². The van der Waals surface area contributed by atoms with Gasteiger partial charge in [-0.2, -0.15) is 0 Å². The molecule has 3 heteroatoms. The van der Waals surface area contributed by atoms with E-state index in [1.165, 1.54) is 5.39 Å². The molecule has 0 atom stereocenters. The lowest BCUT2D eigenvalue weighted by Gasteiger charge is -2.06. The van der Waals surface area contributed by atoms with E-state index in [0.29, 0.717) is 0 Å². The van der Waals surface area contributed by atoms with E-state index in [0.717, 1.165) is 27.1 Å². The van der Waals surface area contributed by atoms with E-state index < -0.39 is 0 Å². The van der Waals surface area contributed by atoms with Crippen molar-refractivity contribution in [3.63, 3.8) is 0 Å². The van der Waals surface area contributed by atoms with Gasteiger partial charge in [-0.3, -0.25) is 0 Å². The quantitative estimate of drug-likeness (QED) is 0.686. The first kappa shape index (κ1) is 11.4. The SMILES string of the molecule is Cc1[nH]c2ccccc2c1Nc1ccc(Br)cc1. The van der Waals surface area contributed by atoms with Gasteiger partial charge in [-0.25, -0.2) is 0 Å². The van der Waals surface area contributed by atoms with Crippen molar-refractivity contribution in [3.05, 3.63) is 58.7 Å². The Balaban J connectivity index is 2.04. The molecule has 0 saturated carbocycles. The van der Waals surface area contributed by atoms with Crippen LogP contribution in [0.1, 0.15) is 5.69 Å². The van der Waals surface area contributed by atoms with Crippen molar-refractivity contribution in [2.75, 3.05) is 5.32 Å². The second-order valence-corrected chi connectivity index (χ2v) is 5.22. The molecular formula is C15H13BrN2. The third kappa shape index (κ3) is 2.02. The Kier molecular flexibility index (Phi) is 2.84. The van der Waals surface area contributed by atoms with Crippen molar-refractivity contribution in [2.24, 2.45) is 0 Å². The molecule has 2 nitrogen and oxygen atoms in total. The molecule has 0 bridgehead atoms. The van der Waals surface area contributed by atoms with Crippen LogP contribution in [0, 0.1) is 6.92 Å². The largest absolute Gasteiger partial charge is 0.357 e. The van der Waals surface area contributed by atoms with Crippen LogP contribution >= 0.6 is 15.9 Å². The lowest BCUT2D eigenvalue weighted by atomic mass is 10.2.